The Morgan fingerprint density at radius 1 is 0.900 bits per heavy atom. The molecule has 1 fully saturated rings. The molecule has 8 N–H and O–H groups in total. The Bertz CT molecular complexity index is 3000. The number of hydrogen-bond donors (Lipinski definition) is 7. The number of aromatic nitrogens is 7. The van der Waals surface area contributed by atoms with Gasteiger partial charge in [-0.3, -0.25) is 34.0 Å². The first-order chi connectivity index (χ1) is 33.9. The monoisotopic (exact) mass is 970 g/mol. The highest BCUT2D eigenvalue weighted by atomic mass is 35.5. The molecule has 5 aromatic heterocycles. The number of nitrogen functional groups attached to an aromatic ring is 1. The van der Waals surface area contributed by atoms with Crippen LogP contribution in [0.1, 0.15) is 69.8 Å². The van der Waals surface area contributed by atoms with E-state index in [0.29, 0.717) is 98.4 Å². The highest BCUT2D eigenvalue weighted by Crippen LogP contribution is 2.38. The third-order valence-electron chi connectivity index (χ3n) is 11.6. The number of carbonyl (C=O) groups excluding carboxylic acids is 3. The number of pyridine rings is 2. The van der Waals surface area contributed by atoms with E-state index in [4.69, 9.17) is 26.5 Å². The van der Waals surface area contributed by atoms with Crippen molar-refractivity contribution in [1.29, 1.82) is 0 Å². The van der Waals surface area contributed by atoms with Crippen molar-refractivity contribution >= 4 is 64.3 Å². The van der Waals surface area contributed by atoms with Gasteiger partial charge in [0.15, 0.2) is 5.76 Å². The number of piperidine rings is 1. The standard InChI is InChI=1S/C48H51ClN14O7/c1-28-31(32-10-6-12-34(41(32)49)57-44(66)36-23-39(69-2)30(26-55-36)27-62-21-4-3-13-37(62)45(67)68)9-5-11-33(28)56-43(65)35-17-16-29(25-54-35)24-51-19-20-52-40(64)15-7-18-53-47-59-46(50)63-48(60-47)58-42(61-63)38-14-8-22-70-38/h5-6,8-12,14,16-17,22-23,25-26,37,51H,3-4,7,13,15,18-21,24,27H2,1-2H3,(H,52,64)(H,56,65)(H,57,66)(H,67,68)(H3,50,53,58,59,60,61)/t37-/m0/s1. The Morgan fingerprint density at radius 3 is 2.46 bits per heavy atom. The highest BCUT2D eigenvalue weighted by molar-refractivity contribution is 6.36. The summed E-state index contributed by atoms with van der Waals surface area (Å²) in [6.07, 6.45) is 7.84. The number of rotatable bonds is 20. The van der Waals surface area contributed by atoms with Gasteiger partial charge in [-0.1, -0.05) is 48.4 Å². The zero-order valence-electron chi connectivity index (χ0n) is 38.4. The van der Waals surface area contributed by atoms with Gasteiger partial charge >= 0.3 is 5.97 Å². The van der Waals surface area contributed by atoms with Crippen LogP contribution in [0.3, 0.4) is 0 Å². The minimum absolute atomic E-state index is 0.0953. The minimum Gasteiger partial charge on any atom is -0.496 e. The summed E-state index contributed by atoms with van der Waals surface area (Å²) < 4.78 is 12.3. The number of nitrogens with one attached hydrogen (secondary N) is 5. The van der Waals surface area contributed by atoms with Crippen molar-refractivity contribution in [3.05, 3.63) is 118 Å². The first-order valence-corrected chi connectivity index (χ1v) is 22.9. The van der Waals surface area contributed by atoms with Crippen molar-refractivity contribution in [2.45, 2.75) is 58.2 Å². The molecule has 1 atom stereocenters. The number of carboxylic acids is 1. The molecule has 1 aliphatic rings. The average Bonchev–Trinajstić information content (AvgIpc) is 4.06. The van der Waals surface area contributed by atoms with Crippen molar-refractivity contribution in [2.24, 2.45) is 0 Å². The van der Waals surface area contributed by atoms with E-state index in [0.717, 1.165) is 29.5 Å². The van der Waals surface area contributed by atoms with Gasteiger partial charge in [0.05, 0.1) is 24.1 Å². The summed E-state index contributed by atoms with van der Waals surface area (Å²) in [7, 11) is 1.49. The quantitative estimate of drug-likeness (QED) is 0.0442. The topological polar surface area (TPSA) is 282 Å². The molecule has 0 saturated carbocycles. The number of aliphatic carboxylic acids is 1. The largest absolute Gasteiger partial charge is 0.496 e. The molecule has 70 heavy (non-hydrogen) atoms. The fraction of sp³-hybridized carbons (Fsp3) is 0.292. The number of nitrogens with zero attached hydrogens (tertiary/aromatic N) is 8. The van der Waals surface area contributed by atoms with Gasteiger partial charge < -0.3 is 46.6 Å². The number of anilines is 4. The second-order valence-corrected chi connectivity index (χ2v) is 16.8. The summed E-state index contributed by atoms with van der Waals surface area (Å²) >= 11 is 6.93. The molecule has 6 heterocycles. The molecule has 0 spiro atoms. The van der Waals surface area contributed by atoms with Crippen LogP contribution in [0.25, 0.3) is 28.5 Å². The van der Waals surface area contributed by atoms with Gasteiger partial charge in [0.25, 0.3) is 17.6 Å². The molecular weight excluding hydrogens is 920 g/mol. The van der Waals surface area contributed by atoms with Crippen molar-refractivity contribution in [3.63, 3.8) is 0 Å². The Kier molecular flexibility index (Phi) is 15.5. The molecule has 0 radical (unpaired) electrons. The van der Waals surface area contributed by atoms with Crippen molar-refractivity contribution in [3.8, 4) is 28.5 Å². The summed E-state index contributed by atoms with van der Waals surface area (Å²) in [6, 6.07) is 18.6. The molecule has 21 nitrogen and oxygen atoms in total. The molecule has 0 aliphatic carbocycles. The average molecular weight is 971 g/mol. The maximum atomic E-state index is 13.5. The number of ether oxygens (including phenoxy) is 1. The van der Waals surface area contributed by atoms with E-state index in [-0.39, 0.29) is 40.0 Å². The van der Waals surface area contributed by atoms with Crippen LogP contribution in [0.2, 0.25) is 5.02 Å². The Balaban J connectivity index is 0.777. The van der Waals surface area contributed by atoms with Crippen LogP contribution in [-0.2, 0) is 22.7 Å². The summed E-state index contributed by atoms with van der Waals surface area (Å²) in [4.78, 5) is 74.7. The van der Waals surface area contributed by atoms with Crippen molar-refractivity contribution in [2.75, 3.05) is 55.0 Å². The minimum atomic E-state index is -0.860. The SMILES string of the molecule is COc1cc(C(=O)Nc2cccc(-c3cccc(NC(=O)c4ccc(CNCCNC(=O)CCCNc5nc(N)n6nc(-c7ccco7)nc6n5)cn4)c3C)c2Cl)ncc1CN1CCCC[C@H]1C(=O)O. The number of likely N-dealkylation sites (tertiary alicyclic amines) is 1. The summed E-state index contributed by atoms with van der Waals surface area (Å²) in [5, 5.41) is 29.3. The van der Waals surface area contributed by atoms with Gasteiger partial charge in [-0.05, 0) is 79.8 Å². The van der Waals surface area contributed by atoms with E-state index in [1.54, 1.807) is 48.7 Å². The first kappa shape index (κ1) is 48.4. The van der Waals surface area contributed by atoms with Gasteiger partial charge in [0.2, 0.25) is 23.6 Å². The van der Waals surface area contributed by atoms with E-state index < -0.39 is 23.8 Å². The molecule has 0 bridgehead atoms. The summed E-state index contributed by atoms with van der Waals surface area (Å²) in [5.74, 6) is 0.0230. The zero-order chi connectivity index (χ0) is 49.1. The number of halogens is 1. The number of fused-ring (bicyclic) bond motifs is 1. The molecule has 22 heteroatoms. The molecule has 1 saturated heterocycles. The molecule has 3 amide bonds. The maximum Gasteiger partial charge on any atom is 0.320 e. The number of amides is 3. The maximum absolute atomic E-state index is 13.5. The fourth-order valence-corrected chi connectivity index (χ4v) is 8.24. The van der Waals surface area contributed by atoms with E-state index in [1.807, 2.05) is 30.0 Å². The smallest absolute Gasteiger partial charge is 0.320 e. The van der Waals surface area contributed by atoms with Crippen LogP contribution in [0.15, 0.2) is 89.8 Å². The normalized spacial score (nSPS) is 13.7. The van der Waals surface area contributed by atoms with Gasteiger partial charge in [0, 0.05) is 74.4 Å². The second kappa shape index (κ2) is 22.4. The molecular formula is C48H51ClN14O7. The Hall–Kier alpha value is -8.01. The van der Waals surface area contributed by atoms with Gasteiger partial charge in [0.1, 0.15) is 23.2 Å². The molecule has 1 aliphatic heterocycles. The number of nitrogens with two attached hydrogens (primary N) is 1. The number of carboxylic acid groups (broad SMARTS) is 1. The first-order valence-electron chi connectivity index (χ1n) is 22.6. The van der Waals surface area contributed by atoms with Crippen molar-refractivity contribution < 1.29 is 33.4 Å². The molecule has 8 rings (SSSR count). The molecule has 362 valence electrons. The lowest BCUT2D eigenvalue weighted by Crippen LogP contribution is -2.44. The number of furan rings is 1. The lowest BCUT2D eigenvalue weighted by Gasteiger charge is -2.33. The number of hydrogen-bond acceptors (Lipinski definition) is 16. The lowest BCUT2D eigenvalue weighted by atomic mass is 9.98. The van der Waals surface area contributed by atoms with Crippen LogP contribution in [-0.4, -0.2) is 108 Å². The highest BCUT2D eigenvalue weighted by Gasteiger charge is 2.29. The van der Waals surface area contributed by atoms with Gasteiger partial charge in [-0.2, -0.15) is 19.5 Å². The molecule has 2 aromatic carbocycles. The second-order valence-electron chi connectivity index (χ2n) is 16.4. The van der Waals surface area contributed by atoms with E-state index in [1.165, 1.54) is 30.2 Å². The Labute approximate surface area is 406 Å². The summed E-state index contributed by atoms with van der Waals surface area (Å²) in [5.41, 5.74) is 10.9. The predicted octanol–water partition coefficient (Wildman–Crippen LogP) is 5.83. The van der Waals surface area contributed by atoms with E-state index >= 15 is 0 Å². The predicted molar refractivity (Wildman–Crippen MR) is 261 cm³/mol. The van der Waals surface area contributed by atoms with Gasteiger partial charge in [-0.15, -0.1) is 5.10 Å². The number of carbonyl (C=O) groups is 4. The van der Waals surface area contributed by atoms with Crippen LogP contribution in [0.5, 0.6) is 5.75 Å². The number of methoxy groups -OCH3 is 1. The van der Waals surface area contributed by atoms with Crippen LogP contribution >= 0.6 is 11.6 Å². The zero-order valence-corrected chi connectivity index (χ0v) is 39.1. The lowest BCUT2D eigenvalue weighted by molar-refractivity contribution is -0.144. The van der Waals surface area contributed by atoms with E-state index in [9.17, 15) is 24.3 Å². The summed E-state index contributed by atoms with van der Waals surface area (Å²) in [6.45, 7) is 4.69. The van der Waals surface area contributed by atoms with E-state index in [2.05, 4.69) is 56.6 Å². The van der Waals surface area contributed by atoms with Gasteiger partial charge in [-0.25, -0.2) is 0 Å². The van der Waals surface area contributed by atoms with Crippen molar-refractivity contribution in [1.82, 2.24) is 50.1 Å². The van der Waals surface area contributed by atoms with Crippen LogP contribution in [0, 0.1) is 6.92 Å². The Morgan fingerprint density at radius 2 is 1.69 bits per heavy atom. The molecule has 7 aromatic rings. The third-order valence-corrected chi connectivity index (χ3v) is 12.0. The van der Waals surface area contributed by atoms with Crippen LogP contribution in [0.4, 0.5) is 23.3 Å². The van der Waals surface area contributed by atoms with Crippen LogP contribution < -0.4 is 37.1 Å². The fourth-order valence-electron chi connectivity index (χ4n) is 7.97. The molecule has 0 unspecified atom stereocenters. The third kappa shape index (κ3) is 11.6. The number of benzene rings is 2.